The Morgan fingerprint density at radius 3 is 2.36 bits per heavy atom. The van der Waals surface area contributed by atoms with Gasteiger partial charge in [0.25, 0.3) is 0 Å². The van der Waals surface area contributed by atoms with Gasteiger partial charge in [-0.15, -0.1) is 0 Å². The Morgan fingerprint density at radius 2 is 1.72 bits per heavy atom. The van der Waals surface area contributed by atoms with Crippen LogP contribution in [0.5, 0.6) is 0 Å². The van der Waals surface area contributed by atoms with E-state index in [2.05, 4.69) is 22.8 Å². The first-order valence-electron chi connectivity index (χ1n) is 8.57. The Balaban J connectivity index is 1.65. The molecule has 1 atom stereocenters. The van der Waals surface area contributed by atoms with Gasteiger partial charge in [-0.25, -0.2) is 4.79 Å². The molecule has 2 rings (SSSR count). The number of hydrogen-bond acceptors (Lipinski definition) is 3. The maximum Gasteiger partial charge on any atom is 0.314 e. The number of benzene rings is 2. The van der Waals surface area contributed by atoms with Gasteiger partial charge in [0.1, 0.15) is 0 Å². The van der Waals surface area contributed by atoms with Gasteiger partial charge in [0, 0.05) is 32.9 Å². The molecule has 0 bridgehead atoms. The maximum atomic E-state index is 11.8. The van der Waals surface area contributed by atoms with Crippen molar-refractivity contribution in [3.05, 3.63) is 65.7 Å². The number of anilines is 1. The molecule has 0 heterocycles. The summed E-state index contributed by atoms with van der Waals surface area (Å²) in [6.45, 7) is 0.792. The number of hydrogen-bond donors (Lipinski definition) is 3. The van der Waals surface area contributed by atoms with Crippen LogP contribution in [0.2, 0.25) is 0 Å². The van der Waals surface area contributed by atoms with Crippen molar-refractivity contribution in [1.82, 2.24) is 10.6 Å². The Kier molecular flexibility index (Phi) is 7.29. The molecular formula is C20H27N3O2. The molecule has 0 aromatic heterocycles. The molecule has 0 aliphatic rings. The molecule has 25 heavy (non-hydrogen) atoms. The lowest BCUT2D eigenvalue weighted by molar-refractivity contribution is 0.173. The molecule has 0 saturated carbocycles. The predicted molar refractivity (Wildman–Crippen MR) is 102 cm³/mol. The topological polar surface area (TPSA) is 64.6 Å². The van der Waals surface area contributed by atoms with Crippen molar-refractivity contribution >= 4 is 11.7 Å². The highest BCUT2D eigenvalue weighted by atomic mass is 16.3. The molecule has 0 aliphatic carbocycles. The zero-order valence-electron chi connectivity index (χ0n) is 14.9. The van der Waals surface area contributed by atoms with Gasteiger partial charge in [0.2, 0.25) is 0 Å². The van der Waals surface area contributed by atoms with E-state index < -0.39 is 6.10 Å². The number of rotatable bonds is 8. The Hall–Kier alpha value is -2.53. The number of nitrogens with zero attached hydrogens (tertiary/aromatic N) is 1. The van der Waals surface area contributed by atoms with Crippen molar-refractivity contribution in [2.75, 3.05) is 32.1 Å². The average molecular weight is 341 g/mol. The molecule has 0 aliphatic heterocycles. The van der Waals surface area contributed by atoms with Crippen LogP contribution in [0.1, 0.15) is 23.7 Å². The fourth-order valence-electron chi connectivity index (χ4n) is 2.50. The molecule has 0 radical (unpaired) electrons. The van der Waals surface area contributed by atoms with Gasteiger partial charge in [-0.1, -0.05) is 42.5 Å². The minimum Gasteiger partial charge on any atom is -0.387 e. The second kappa shape index (κ2) is 9.69. The summed E-state index contributed by atoms with van der Waals surface area (Å²) in [6.07, 6.45) is 1.10. The van der Waals surface area contributed by atoms with Gasteiger partial charge in [-0.2, -0.15) is 0 Å². The monoisotopic (exact) mass is 341 g/mol. The third-order valence-electron chi connectivity index (χ3n) is 4.02. The van der Waals surface area contributed by atoms with E-state index in [9.17, 15) is 9.90 Å². The summed E-state index contributed by atoms with van der Waals surface area (Å²) in [5.74, 6) is 0. The molecule has 5 heteroatoms. The number of aryl methyl sites for hydroxylation is 1. The normalized spacial score (nSPS) is 11.6. The standard InChI is InChI=1S/C20H27N3O2/c1-23(2)18-12-10-17(11-13-18)19(24)15-22-20(25)21-14-6-9-16-7-4-3-5-8-16/h3-5,7-8,10-13,19,24H,6,9,14-15H2,1-2H3,(H2,21,22,25)/t19-/m0/s1. The Morgan fingerprint density at radius 1 is 1.04 bits per heavy atom. The zero-order valence-corrected chi connectivity index (χ0v) is 14.9. The molecule has 2 aromatic rings. The van der Waals surface area contributed by atoms with Crippen molar-refractivity contribution in [3.63, 3.8) is 0 Å². The first-order valence-corrected chi connectivity index (χ1v) is 8.57. The highest BCUT2D eigenvalue weighted by molar-refractivity contribution is 5.73. The van der Waals surface area contributed by atoms with Crippen molar-refractivity contribution in [3.8, 4) is 0 Å². The number of amides is 2. The highest BCUT2D eigenvalue weighted by Gasteiger charge is 2.09. The van der Waals surface area contributed by atoms with Crippen LogP contribution in [0.25, 0.3) is 0 Å². The van der Waals surface area contributed by atoms with E-state index in [1.54, 1.807) is 0 Å². The number of aliphatic hydroxyl groups is 1. The molecule has 0 saturated heterocycles. The van der Waals surface area contributed by atoms with Crippen LogP contribution in [0.3, 0.4) is 0 Å². The maximum absolute atomic E-state index is 11.8. The minimum absolute atomic E-state index is 0.186. The summed E-state index contributed by atoms with van der Waals surface area (Å²) < 4.78 is 0. The summed E-state index contributed by atoms with van der Waals surface area (Å²) in [5, 5.41) is 15.7. The largest absolute Gasteiger partial charge is 0.387 e. The van der Waals surface area contributed by atoms with Crippen LogP contribution in [-0.2, 0) is 6.42 Å². The van der Waals surface area contributed by atoms with Crippen molar-refractivity contribution in [1.29, 1.82) is 0 Å². The second-order valence-electron chi connectivity index (χ2n) is 6.23. The minimum atomic E-state index is -0.716. The van der Waals surface area contributed by atoms with Gasteiger partial charge >= 0.3 is 6.03 Å². The number of nitrogens with one attached hydrogen (secondary N) is 2. The van der Waals surface area contributed by atoms with E-state index in [1.807, 2.05) is 61.5 Å². The lowest BCUT2D eigenvalue weighted by atomic mass is 10.1. The number of carbonyl (C=O) groups is 1. The second-order valence-corrected chi connectivity index (χ2v) is 6.23. The molecule has 0 fully saturated rings. The first-order chi connectivity index (χ1) is 12.1. The molecule has 5 nitrogen and oxygen atoms in total. The van der Waals surface area contributed by atoms with Crippen LogP contribution in [0.4, 0.5) is 10.5 Å². The van der Waals surface area contributed by atoms with Crippen molar-refractivity contribution in [2.24, 2.45) is 0 Å². The van der Waals surface area contributed by atoms with Crippen molar-refractivity contribution in [2.45, 2.75) is 18.9 Å². The Labute approximate surface area is 149 Å². The lowest BCUT2D eigenvalue weighted by Crippen LogP contribution is -2.38. The smallest absolute Gasteiger partial charge is 0.314 e. The van der Waals surface area contributed by atoms with Crippen LogP contribution in [-0.4, -0.2) is 38.3 Å². The molecule has 134 valence electrons. The van der Waals surface area contributed by atoms with E-state index in [-0.39, 0.29) is 12.6 Å². The van der Waals surface area contributed by atoms with Gasteiger partial charge in [-0.3, -0.25) is 0 Å². The summed E-state index contributed by atoms with van der Waals surface area (Å²) in [6, 6.07) is 17.6. The lowest BCUT2D eigenvalue weighted by Gasteiger charge is -2.16. The van der Waals surface area contributed by atoms with Gasteiger partial charge in [-0.05, 0) is 36.1 Å². The quantitative estimate of drug-likeness (QED) is 0.647. The third kappa shape index (κ3) is 6.47. The van der Waals surface area contributed by atoms with E-state index in [0.717, 1.165) is 24.1 Å². The van der Waals surface area contributed by atoms with E-state index in [0.29, 0.717) is 6.54 Å². The SMILES string of the molecule is CN(C)c1ccc([C@@H](O)CNC(=O)NCCCc2ccccc2)cc1. The van der Waals surface area contributed by atoms with E-state index in [4.69, 9.17) is 0 Å². The summed E-state index contributed by atoms with van der Waals surface area (Å²) in [7, 11) is 3.93. The Bertz CT molecular complexity index is 642. The summed E-state index contributed by atoms with van der Waals surface area (Å²) in [5.41, 5.74) is 3.12. The summed E-state index contributed by atoms with van der Waals surface area (Å²) >= 11 is 0. The van der Waals surface area contributed by atoms with Crippen LogP contribution >= 0.6 is 0 Å². The number of aliphatic hydroxyl groups excluding tert-OH is 1. The summed E-state index contributed by atoms with van der Waals surface area (Å²) in [4.78, 5) is 13.8. The van der Waals surface area contributed by atoms with Crippen LogP contribution < -0.4 is 15.5 Å². The third-order valence-corrected chi connectivity index (χ3v) is 4.02. The molecule has 0 unspecified atom stereocenters. The fraction of sp³-hybridized carbons (Fsp3) is 0.350. The van der Waals surface area contributed by atoms with Crippen LogP contribution in [0.15, 0.2) is 54.6 Å². The molecule has 3 N–H and O–H groups in total. The van der Waals surface area contributed by atoms with Crippen molar-refractivity contribution < 1.29 is 9.90 Å². The number of carbonyl (C=O) groups excluding carboxylic acids is 1. The molecule has 2 aromatic carbocycles. The van der Waals surface area contributed by atoms with Gasteiger partial charge < -0.3 is 20.6 Å². The first kappa shape index (κ1) is 18.8. The zero-order chi connectivity index (χ0) is 18.1. The molecule has 0 spiro atoms. The average Bonchev–Trinajstić information content (AvgIpc) is 2.64. The van der Waals surface area contributed by atoms with Gasteiger partial charge in [0.15, 0.2) is 0 Å². The van der Waals surface area contributed by atoms with Crippen LogP contribution in [0, 0.1) is 0 Å². The predicted octanol–water partition coefficient (Wildman–Crippen LogP) is 2.72. The van der Waals surface area contributed by atoms with E-state index in [1.165, 1.54) is 5.56 Å². The number of urea groups is 1. The molecule has 2 amide bonds. The fourth-order valence-corrected chi connectivity index (χ4v) is 2.50. The molecular weight excluding hydrogens is 314 g/mol. The van der Waals surface area contributed by atoms with Gasteiger partial charge in [0.05, 0.1) is 6.10 Å². The van der Waals surface area contributed by atoms with E-state index >= 15 is 0 Å². The highest BCUT2D eigenvalue weighted by Crippen LogP contribution is 2.17.